The molecule has 0 radical (unpaired) electrons. The molecule has 0 aromatic carbocycles. The van der Waals surface area contributed by atoms with E-state index >= 15 is 0 Å². The van der Waals surface area contributed by atoms with Crippen LogP contribution in [0, 0.1) is 0 Å². The highest BCUT2D eigenvalue weighted by molar-refractivity contribution is 7.46. The van der Waals surface area contributed by atoms with Gasteiger partial charge in [-0.2, -0.15) is 0 Å². The van der Waals surface area contributed by atoms with Crippen molar-refractivity contribution in [3.05, 3.63) is 24.3 Å². The zero-order chi connectivity index (χ0) is 27.6. The summed E-state index contributed by atoms with van der Waals surface area (Å²) in [4.78, 5) is 41.0. The second kappa shape index (κ2) is 24.8. The van der Waals surface area contributed by atoms with Crippen molar-refractivity contribution in [1.82, 2.24) is 0 Å². The van der Waals surface area contributed by atoms with E-state index < -0.39 is 32.5 Å². The molecule has 0 heterocycles. The number of carbonyl (C=O) groups excluding carboxylic acids is 2. The number of esters is 2. The van der Waals surface area contributed by atoms with E-state index in [0.717, 1.165) is 32.1 Å². The van der Waals surface area contributed by atoms with Crippen LogP contribution in [0.3, 0.4) is 0 Å². The first kappa shape index (κ1) is 35.5. The number of rotatable bonds is 25. The van der Waals surface area contributed by atoms with Crippen LogP contribution in [0.4, 0.5) is 0 Å². The monoisotopic (exact) mass is 546 g/mol. The molecule has 8 nitrogen and oxygen atoms in total. The van der Waals surface area contributed by atoms with Gasteiger partial charge in [0.2, 0.25) is 0 Å². The molecule has 1 unspecified atom stereocenters. The zero-order valence-corrected chi connectivity index (χ0v) is 24.0. The van der Waals surface area contributed by atoms with Crippen molar-refractivity contribution in [2.24, 2.45) is 0 Å². The van der Waals surface area contributed by atoms with E-state index in [2.05, 4.69) is 35.8 Å². The van der Waals surface area contributed by atoms with Crippen LogP contribution in [0.1, 0.15) is 123 Å². The van der Waals surface area contributed by atoms with E-state index in [1.54, 1.807) is 6.92 Å². The fourth-order valence-corrected chi connectivity index (χ4v) is 3.98. The lowest BCUT2D eigenvalue weighted by atomic mass is 10.1. The normalized spacial score (nSPS) is 12.9. The highest BCUT2D eigenvalue weighted by Gasteiger charge is 2.22. The second-order valence-electron chi connectivity index (χ2n) is 9.33. The Kier molecular flexibility index (Phi) is 23.9. The molecule has 0 aliphatic rings. The number of phosphoric acid groups is 1. The van der Waals surface area contributed by atoms with Gasteiger partial charge in [-0.3, -0.25) is 14.1 Å². The highest BCUT2D eigenvalue weighted by atomic mass is 31.2. The smallest absolute Gasteiger partial charge is 0.462 e. The Morgan fingerprint density at radius 1 is 0.730 bits per heavy atom. The van der Waals surface area contributed by atoms with Crippen LogP contribution in [0.2, 0.25) is 0 Å². The predicted octanol–water partition coefficient (Wildman–Crippen LogP) is 7.33. The highest BCUT2D eigenvalue weighted by Crippen LogP contribution is 2.35. The van der Waals surface area contributed by atoms with Gasteiger partial charge in [0.15, 0.2) is 6.10 Å². The number of hydrogen-bond acceptors (Lipinski definition) is 6. The molecule has 0 aromatic heterocycles. The number of unbranched alkanes of at least 4 members (excludes halogenated alkanes) is 12. The molecule has 216 valence electrons. The van der Waals surface area contributed by atoms with Crippen LogP contribution < -0.4 is 0 Å². The van der Waals surface area contributed by atoms with Gasteiger partial charge in [0.05, 0.1) is 6.61 Å². The summed E-state index contributed by atoms with van der Waals surface area (Å²) in [6.45, 7) is 3.00. The Labute approximate surface area is 224 Å². The molecule has 0 aliphatic carbocycles. The topological polar surface area (TPSA) is 119 Å². The standard InChI is InChI=1S/C28H51O8P/c1-3-5-6-7-8-9-10-11-12-13-14-15-16-17-18-19-20-21-22-23-28(30)36-26(24-34-27(29)4-2)25-35-37(31,32)33/h8-9,11-12,26H,3-7,10,13-25H2,1-2H3,(H2,31,32,33)/b9-8-,12-11-. The number of allylic oxidation sites excluding steroid dienone is 4. The van der Waals surface area contributed by atoms with Gasteiger partial charge < -0.3 is 19.3 Å². The molecule has 0 amide bonds. The minimum absolute atomic E-state index is 0.148. The van der Waals surface area contributed by atoms with Crippen molar-refractivity contribution >= 4 is 19.8 Å². The van der Waals surface area contributed by atoms with Gasteiger partial charge in [-0.15, -0.1) is 0 Å². The van der Waals surface area contributed by atoms with Crippen LogP contribution in [-0.2, 0) is 28.2 Å². The van der Waals surface area contributed by atoms with E-state index in [1.165, 1.54) is 57.8 Å². The van der Waals surface area contributed by atoms with E-state index in [-0.39, 0.29) is 19.4 Å². The number of ether oxygens (including phenoxy) is 2. The van der Waals surface area contributed by atoms with Crippen molar-refractivity contribution < 1.29 is 37.9 Å². The lowest BCUT2D eigenvalue weighted by Crippen LogP contribution is -2.29. The summed E-state index contributed by atoms with van der Waals surface area (Å²) in [6, 6.07) is 0. The molecular formula is C28H51O8P. The maximum atomic E-state index is 12.1. The SMILES string of the molecule is CCCCC/C=C\C/C=C\CCCCCCCCCCCC(=O)OC(COC(=O)CC)COP(=O)(O)O. The van der Waals surface area contributed by atoms with E-state index in [4.69, 9.17) is 19.3 Å². The first-order chi connectivity index (χ1) is 17.8. The third-order valence-corrected chi connectivity index (χ3v) is 6.26. The first-order valence-corrected chi connectivity index (χ1v) is 15.7. The number of phosphoric ester groups is 1. The average molecular weight is 547 g/mol. The Morgan fingerprint density at radius 2 is 1.27 bits per heavy atom. The maximum absolute atomic E-state index is 12.1. The summed E-state index contributed by atoms with van der Waals surface area (Å²) in [6.07, 6.45) is 25.8. The Morgan fingerprint density at radius 3 is 1.81 bits per heavy atom. The molecule has 0 spiro atoms. The summed E-state index contributed by atoms with van der Waals surface area (Å²) in [7, 11) is -4.71. The van der Waals surface area contributed by atoms with Crippen molar-refractivity contribution in [2.45, 2.75) is 129 Å². The van der Waals surface area contributed by atoms with Gasteiger partial charge in [0, 0.05) is 12.8 Å². The minimum atomic E-state index is -4.71. The average Bonchev–Trinajstić information content (AvgIpc) is 2.86. The van der Waals surface area contributed by atoms with Crippen molar-refractivity contribution in [1.29, 1.82) is 0 Å². The van der Waals surface area contributed by atoms with Crippen LogP contribution in [0.25, 0.3) is 0 Å². The Bertz CT molecular complexity index is 671. The lowest BCUT2D eigenvalue weighted by molar-refractivity contribution is -0.161. The Balaban J connectivity index is 3.71. The van der Waals surface area contributed by atoms with Gasteiger partial charge in [-0.25, -0.2) is 4.57 Å². The molecule has 0 rings (SSSR count). The predicted molar refractivity (Wildman–Crippen MR) is 147 cm³/mol. The molecule has 9 heteroatoms. The summed E-state index contributed by atoms with van der Waals surface area (Å²) in [5.41, 5.74) is 0. The first-order valence-electron chi connectivity index (χ1n) is 14.1. The minimum Gasteiger partial charge on any atom is -0.462 e. The van der Waals surface area contributed by atoms with Gasteiger partial charge in [-0.05, 0) is 38.5 Å². The third kappa shape index (κ3) is 27.4. The van der Waals surface area contributed by atoms with E-state index in [1.807, 2.05) is 0 Å². The molecule has 0 saturated heterocycles. The number of hydrogen-bond donors (Lipinski definition) is 2. The molecule has 2 N–H and O–H groups in total. The molecule has 0 saturated carbocycles. The fourth-order valence-electron chi connectivity index (χ4n) is 3.62. The van der Waals surface area contributed by atoms with Crippen molar-refractivity contribution in [2.75, 3.05) is 13.2 Å². The maximum Gasteiger partial charge on any atom is 0.469 e. The zero-order valence-electron chi connectivity index (χ0n) is 23.1. The molecular weight excluding hydrogens is 495 g/mol. The largest absolute Gasteiger partial charge is 0.469 e. The quantitative estimate of drug-likeness (QED) is 0.0528. The van der Waals surface area contributed by atoms with Gasteiger partial charge in [0.1, 0.15) is 6.61 Å². The number of carbonyl (C=O) groups is 2. The molecule has 1 atom stereocenters. The van der Waals surface area contributed by atoms with E-state index in [9.17, 15) is 14.2 Å². The van der Waals surface area contributed by atoms with Crippen molar-refractivity contribution in [3.8, 4) is 0 Å². The van der Waals surface area contributed by atoms with Gasteiger partial charge in [0.25, 0.3) is 0 Å². The van der Waals surface area contributed by atoms with Crippen LogP contribution in [0.5, 0.6) is 0 Å². The second-order valence-corrected chi connectivity index (χ2v) is 10.6. The summed E-state index contributed by atoms with van der Waals surface area (Å²) in [5, 5.41) is 0. The molecule has 0 aliphatic heterocycles. The van der Waals surface area contributed by atoms with Crippen LogP contribution in [-0.4, -0.2) is 41.0 Å². The molecule has 0 bridgehead atoms. The van der Waals surface area contributed by atoms with Crippen LogP contribution >= 0.6 is 7.82 Å². The molecule has 0 aromatic rings. The van der Waals surface area contributed by atoms with Gasteiger partial charge >= 0.3 is 19.8 Å². The van der Waals surface area contributed by atoms with Crippen molar-refractivity contribution in [3.63, 3.8) is 0 Å². The summed E-state index contributed by atoms with van der Waals surface area (Å²) in [5.74, 6) is -0.991. The molecule has 0 fully saturated rings. The lowest BCUT2D eigenvalue weighted by Gasteiger charge is -2.18. The van der Waals surface area contributed by atoms with Crippen LogP contribution in [0.15, 0.2) is 24.3 Å². The molecule has 37 heavy (non-hydrogen) atoms. The Hall–Kier alpha value is -1.47. The summed E-state index contributed by atoms with van der Waals surface area (Å²) >= 11 is 0. The summed E-state index contributed by atoms with van der Waals surface area (Å²) < 4.78 is 25.4. The van der Waals surface area contributed by atoms with Gasteiger partial charge in [-0.1, -0.05) is 95.9 Å². The fraction of sp³-hybridized carbons (Fsp3) is 0.786. The van der Waals surface area contributed by atoms with E-state index in [0.29, 0.717) is 6.42 Å². The third-order valence-electron chi connectivity index (χ3n) is 5.78.